The van der Waals surface area contributed by atoms with Gasteiger partial charge in [0.25, 0.3) is 0 Å². The second-order valence-corrected chi connectivity index (χ2v) is 5.00. The number of unbranched alkanes of at least 4 members (excludes halogenated alkanes) is 3. The highest BCUT2D eigenvalue weighted by Crippen LogP contribution is 2.12. The monoisotopic (exact) mass is 269 g/mol. The van der Waals surface area contributed by atoms with E-state index in [9.17, 15) is 0 Å². The van der Waals surface area contributed by atoms with Crippen molar-refractivity contribution in [3.05, 3.63) is 0 Å². The largest absolute Gasteiger partial charge is 0.381 e. The molecule has 1 saturated heterocycles. The number of hydrogen-bond acceptors (Lipinski definition) is 4. The maximum absolute atomic E-state index is 8.37. The third-order valence-corrected chi connectivity index (χ3v) is 3.23. The zero-order valence-corrected chi connectivity index (χ0v) is 11.9. The topological polar surface area (TPSA) is 51.5 Å². The first-order chi connectivity index (χ1) is 9.43. The number of ether oxygens (including phenoxy) is 3. The van der Waals surface area contributed by atoms with Crippen LogP contribution in [-0.4, -0.2) is 39.1 Å². The SMILES string of the molecule is N#CCCCCOCCCCOCC1CCCCO1. The average Bonchev–Trinajstić information content (AvgIpc) is 2.46. The minimum atomic E-state index is 0.324. The number of nitrogens with zero attached hydrogens (tertiary/aromatic N) is 1. The van der Waals surface area contributed by atoms with E-state index in [1.807, 2.05) is 0 Å². The molecule has 1 fully saturated rings. The van der Waals surface area contributed by atoms with Crippen molar-refractivity contribution in [1.29, 1.82) is 5.26 Å². The van der Waals surface area contributed by atoms with Crippen molar-refractivity contribution in [2.45, 2.75) is 57.5 Å². The molecule has 0 radical (unpaired) electrons. The molecule has 0 saturated carbocycles. The molecule has 1 rings (SSSR count). The molecule has 1 aliphatic heterocycles. The van der Waals surface area contributed by atoms with Gasteiger partial charge in [-0.3, -0.25) is 0 Å². The maximum atomic E-state index is 8.37. The average molecular weight is 269 g/mol. The summed E-state index contributed by atoms with van der Waals surface area (Å²) < 4.78 is 16.7. The molecule has 0 spiro atoms. The predicted octanol–water partition coefficient (Wildman–Crippen LogP) is 3.06. The molecule has 0 aromatic rings. The number of rotatable bonds is 11. The molecule has 1 atom stereocenters. The van der Waals surface area contributed by atoms with E-state index in [-0.39, 0.29) is 0 Å². The van der Waals surface area contributed by atoms with Crippen molar-refractivity contribution in [2.24, 2.45) is 0 Å². The quantitative estimate of drug-likeness (QED) is 0.541. The van der Waals surface area contributed by atoms with Crippen molar-refractivity contribution in [1.82, 2.24) is 0 Å². The molecule has 19 heavy (non-hydrogen) atoms. The van der Waals surface area contributed by atoms with Crippen molar-refractivity contribution < 1.29 is 14.2 Å². The van der Waals surface area contributed by atoms with Crippen LogP contribution < -0.4 is 0 Å². The van der Waals surface area contributed by atoms with E-state index in [1.54, 1.807) is 0 Å². The van der Waals surface area contributed by atoms with E-state index in [0.717, 1.165) is 65.1 Å². The highest BCUT2D eigenvalue weighted by Gasteiger charge is 2.13. The summed E-state index contributed by atoms with van der Waals surface area (Å²) >= 11 is 0. The summed E-state index contributed by atoms with van der Waals surface area (Å²) in [6, 6.07) is 2.14. The molecule has 0 bridgehead atoms. The fourth-order valence-corrected chi connectivity index (χ4v) is 2.07. The summed E-state index contributed by atoms with van der Waals surface area (Å²) in [6.07, 6.45) is 8.60. The normalized spacial score (nSPS) is 19.2. The first-order valence-electron chi connectivity index (χ1n) is 7.57. The van der Waals surface area contributed by atoms with Crippen LogP contribution >= 0.6 is 0 Å². The standard InChI is InChI=1S/C15H27NO3/c16-9-3-1-4-10-17-11-6-7-12-18-14-15-8-2-5-13-19-15/h15H,1-8,10-14H2. The van der Waals surface area contributed by atoms with Crippen LogP contribution in [0, 0.1) is 11.3 Å². The molecule has 1 unspecified atom stereocenters. The van der Waals surface area contributed by atoms with E-state index in [0.29, 0.717) is 12.5 Å². The molecule has 1 heterocycles. The zero-order valence-electron chi connectivity index (χ0n) is 11.9. The lowest BCUT2D eigenvalue weighted by atomic mass is 10.1. The van der Waals surface area contributed by atoms with Gasteiger partial charge in [0.05, 0.1) is 18.8 Å². The van der Waals surface area contributed by atoms with Crippen molar-refractivity contribution in [3.63, 3.8) is 0 Å². The third-order valence-electron chi connectivity index (χ3n) is 3.23. The molecule has 4 heteroatoms. The summed E-state index contributed by atoms with van der Waals surface area (Å²) in [5.74, 6) is 0. The smallest absolute Gasteiger partial charge is 0.0808 e. The second kappa shape index (κ2) is 12.4. The van der Waals surface area contributed by atoms with Crippen LogP contribution in [0.15, 0.2) is 0 Å². The van der Waals surface area contributed by atoms with Gasteiger partial charge in [0.15, 0.2) is 0 Å². The Balaban J connectivity index is 1.72. The number of hydrogen-bond donors (Lipinski definition) is 0. The van der Waals surface area contributed by atoms with Crippen LogP contribution in [0.2, 0.25) is 0 Å². The van der Waals surface area contributed by atoms with Crippen LogP contribution in [0.25, 0.3) is 0 Å². The lowest BCUT2D eigenvalue weighted by Crippen LogP contribution is -2.24. The lowest BCUT2D eigenvalue weighted by molar-refractivity contribution is -0.0416. The van der Waals surface area contributed by atoms with Gasteiger partial charge >= 0.3 is 0 Å². The van der Waals surface area contributed by atoms with Gasteiger partial charge in [0.2, 0.25) is 0 Å². The zero-order chi connectivity index (χ0) is 13.6. The highest BCUT2D eigenvalue weighted by atomic mass is 16.5. The van der Waals surface area contributed by atoms with E-state index in [1.165, 1.54) is 12.8 Å². The molecular weight excluding hydrogens is 242 g/mol. The molecule has 0 N–H and O–H groups in total. The summed E-state index contributed by atoms with van der Waals surface area (Å²) in [6.45, 7) is 4.02. The molecule has 0 aromatic carbocycles. The first-order valence-corrected chi connectivity index (χ1v) is 7.57. The van der Waals surface area contributed by atoms with E-state index in [2.05, 4.69) is 6.07 Å². The molecular formula is C15H27NO3. The van der Waals surface area contributed by atoms with Crippen LogP contribution in [0.4, 0.5) is 0 Å². The Hall–Kier alpha value is -0.630. The van der Waals surface area contributed by atoms with Gasteiger partial charge in [-0.05, 0) is 44.9 Å². The fourth-order valence-electron chi connectivity index (χ4n) is 2.07. The van der Waals surface area contributed by atoms with Crippen LogP contribution in [0.1, 0.15) is 51.4 Å². The molecule has 4 nitrogen and oxygen atoms in total. The van der Waals surface area contributed by atoms with Gasteiger partial charge in [0, 0.05) is 32.8 Å². The van der Waals surface area contributed by atoms with Crippen LogP contribution in [0.3, 0.4) is 0 Å². The summed E-state index contributed by atoms with van der Waals surface area (Å²) in [5.41, 5.74) is 0. The molecule has 0 aromatic heterocycles. The Morgan fingerprint density at radius 3 is 2.42 bits per heavy atom. The molecule has 0 amide bonds. The van der Waals surface area contributed by atoms with E-state index >= 15 is 0 Å². The fraction of sp³-hybridized carbons (Fsp3) is 0.933. The first kappa shape index (κ1) is 16.4. The summed E-state index contributed by atoms with van der Waals surface area (Å²) in [7, 11) is 0. The highest BCUT2D eigenvalue weighted by molar-refractivity contribution is 4.67. The van der Waals surface area contributed by atoms with Crippen LogP contribution in [-0.2, 0) is 14.2 Å². The Morgan fingerprint density at radius 2 is 1.74 bits per heavy atom. The Morgan fingerprint density at radius 1 is 1.00 bits per heavy atom. The Kier molecular flexibility index (Phi) is 10.7. The van der Waals surface area contributed by atoms with Gasteiger partial charge in [-0.2, -0.15) is 5.26 Å². The van der Waals surface area contributed by atoms with Crippen molar-refractivity contribution in [3.8, 4) is 6.07 Å². The van der Waals surface area contributed by atoms with Gasteiger partial charge in [-0.1, -0.05) is 0 Å². The second-order valence-electron chi connectivity index (χ2n) is 5.00. The minimum Gasteiger partial charge on any atom is -0.381 e. The van der Waals surface area contributed by atoms with Crippen LogP contribution in [0.5, 0.6) is 0 Å². The predicted molar refractivity (Wildman–Crippen MR) is 73.9 cm³/mol. The third kappa shape index (κ3) is 9.89. The van der Waals surface area contributed by atoms with Crippen molar-refractivity contribution >= 4 is 0 Å². The van der Waals surface area contributed by atoms with Gasteiger partial charge in [-0.15, -0.1) is 0 Å². The minimum absolute atomic E-state index is 0.324. The molecule has 0 aliphatic carbocycles. The summed E-state index contributed by atoms with van der Waals surface area (Å²) in [4.78, 5) is 0. The van der Waals surface area contributed by atoms with Crippen molar-refractivity contribution in [2.75, 3.05) is 33.0 Å². The maximum Gasteiger partial charge on any atom is 0.0808 e. The van der Waals surface area contributed by atoms with Gasteiger partial charge in [-0.25, -0.2) is 0 Å². The number of nitriles is 1. The van der Waals surface area contributed by atoms with E-state index in [4.69, 9.17) is 19.5 Å². The Bertz CT molecular complexity index is 234. The van der Waals surface area contributed by atoms with Gasteiger partial charge in [0.1, 0.15) is 0 Å². The summed E-state index contributed by atoms with van der Waals surface area (Å²) in [5, 5.41) is 8.37. The van der Waals surface area contributed by atoms with E-state index < -0.39 is 0 Å². The van der Waals surface area contributed by atoms with Gasteiger partial charge < -0.3 is 14.2 Å². The lowest BCUT2D eigenvalue weighted by Gasteiger charge is -2.22. The Labute approximate surface area is 117 Å². The molecule has 1 aliphatic rings. The molecule has 110 valence electrons.